The molecule has 8 nitrogen and oxygen atoms in total. The lowest BCUT2D eigenvalue weighted by Gasteiger charge is -2.29. The number of aryl methyl sites for hydroxylation is 2. The minimum absolute atomic E-state index is 0.281. The minimum atomic E-state index is -0.501. The Labute approximate surface area is 210 Å². The van der Waals surface area contributed by atoms with Crippen LogP contribution in [0.3, 0.4) is 0 Å². The van der Waals surface area contributed by atoms with Gasteiger partial charge < -0.3 is 14.4 Å². The van der Waals surface area contributed by atoms with Crippen molar-refractivity contribution in [3.8, 4) is 17.0 Å². The van der Waals surface area contributed by atoms with Crippen molar-refractivity contribution in [1.29, 1.82) is 0 Å². The van der Waals surface area contributed by atoms with Crippen molar-refractivity contribution in [3.63, 3.8) is 0 Å². The highest BCUT2D eigenvalue weighted by Crippen LogP contribution is 2.37. The summed E-state index contributed by atoms with van der Waals surface area (Å²) in [6, 6.07) is 10.1. The van der Waals surface area contributed by atoms with Gasteiger partial charge in [-0.15, -0.1) is 0 Å². The maximum absolute atomic E-state index is 12.4. The second-order valence-electron chi connectivity index (χ2n) is 10.2. The van der Waals surface area contributed by atoms with Gasteiger partial charge in [-0.3, -0.25) is 4.68 Å². The third-order valence-corrected chi connectivity index (χ3v) is 6.31. The van der Waals surface area contributed by atoms with E-state index in [4.69, 9.17) is 19.4 Å². The monoisotopic (exact) mass is 485 g/mol. The molecular weight excluding hydrogens is 454 g/mol. The van der Waals surface area contributed by atoms with Gasteiger partial charge in [0.05, 0.1) is 35.0 Å². The number of hydrogen-bond acceptors (Lipinski definition) is 6. The van der Waals surface area contributed by atoms with Crippen molar-refractivity contribution in [2.45, 2.75) is 39.7 Å². The maximum atomic E-state index is 12.4. The predicted molar refractivity (Wildman–Crippen MR) is 141 cm³/mol. The second kappa shape index (κ2) is 8.93. The number of pyridine rings is 2. The smallest absolute Gasteiger partial charge is 0.410 e. The number of carbonyl (C=O) groups excluding carboxylic acids is 1. The van der Waals surface area contributed by atoms with Crippen LogP contribution in [0.2, 0.25) is 0 Å². The van der Waals surface area contributed by atoms with Crippen molar-refractivity contribution in [2.24, 2.45) is 7.05 Å². The van der Waals surface area contributed by atoms with Gasteiger partial charge in [-0.05, 0) is 70.0 Å². The molecule has 0 saturated carbocycles. The van der Waals surface area contributed by atoms with Crippen molar-refractivity contribution < 1.29 is 14.3 Å². The Bertz CT molecular complexity index is 1510. The first-order valence-corrected chi connectivity index (χ1v) is 12.1. The zero-order valence-corrected chi connectivity index (χ0v) is 21.6. The molecule has 0 bridgehead atoms. The number of ether oxygens (including phenoxy) is 2. The fraction of sp³-hybridized carbons (Fsp3) is 0.357. The van der Waals surface area contributed by atoms with Crippen LogP contribution in [-0.4, -0.2) is 56.5 Å². The molecule has 1 amide bonds. The SMILES string of the molecule is COc1c(-c2ccc3nc(C4=CCN(C(=O)OC(C)(C)C)CC4)ccc3n2)cc2cn(C)nc2c1C. The zero-order valence-electron chi connectivity index (χ0n) is 21.6. The molecule has 5 rings (SSSR count). The Balaban J connectivity index is 1.43. The summed E-state index contributed by atoms with van der Waals surface area (Å²) < 4.78 is 13.1. The Hall–Kier alpha value is -3.94. The van der Waals surface area contributed by atoms with E-state index in [-0.39, 0.29) is 6.09 Å². The van der Waals surface area contributed by atoms with Gasteiger partial charge in [0.25, 0.3) is 0 Å². The standard InChI is InChI=1S/C28H31N5O3/c1-17-25-19(16-32(5)31-25)15-20(26(17)35-6)22-8-10-23-24(30-22)9-7-21(29-23)18-11-13-33(14-12-18)27(34)36-28(2,3)4/h7-11,15-16H,12-14H2,1-6H3. The quantitative estimate of drug-likeness (QED) is 0.380. The molecule has 1 aromatic carbocycles. The average molecular weight is 486 g/mol. The van der Waals surface area contributed by atoms with Gasteiger partial charge in [-0.2, -0.15) is 5.10 Å². The van der Waals surface area contributed by atoms with Gasteiger partial charge in [0, 0.05) is 42.8 Å². The Morgan fingerprint density at radius 1 is 1.06 bits per heavy atom. The first kappa shape index (κ1) is 23.8. The van der Waals surface area contributed by atoms with Crippen molar-refractivity contribution in [1.82, 2.24) is 24.6 Å². The third kappa shape index (κ3) is 4.51. The molecule has 8 heteroatoms. The largest absolute Gasteiger partial charge is 0.496 e. The fourth-order valence-corrected chi connectivity index (χ4v) is 4.62. The Kier molecular flexibility index (Phi) is 5.90. The van der Waals surface area contributed by atoms with Crippen LogP contribution in [0.1, 0.15) is 38.4 Å². The van der Waals surface area contributed by atoms with Crippen LogP contribution in [0, 0.1) is 6.92 Å². The molecule has 1 aliphatic rings. The number of rotatable bonds is 3. The van der Waals surface area contributed by atoms with Gasteiger partial charge in [0.1, 0.15) is 11.4 Å². The Morgan fingerprint density at radius 3 is 2.39 bits per heavy atom. The van der Waals surface area contributed by atoms with Gasteiger partial charge in [-0.25, -0.2) is 14.8 Å². The number of carbonyl (C=O) groups is 1. The lowest BCUT2D eigenvalue weighted by atomic mass is 10.0. The van der Waals surface area contributed by atoms with Crippen LogP contribution in [0.15, 0.2) is 42.6 Å². The molecule has 4 aromatic rings. The summed E-state index contributed by atoms with van der Waals surface area (Å²) in [5.74, 6) is 0.777. The van der Waals surface area contributed by atoms with Crippen LogP contribution >= 0.6 is 0 Å². The molecule has 0 fully saturated rings. The molecule has 0 radical (unpaired) electrons. The molecular formula is C28H31N5O3. The molecule has 4 heterocycles. The van der Waals surface area contributed by atoms with Crippen LogP contribution in [-0.2, 0) is 11.8 Å². The summed E-state index contributed by atoms with van der Waals surface area (Å²) in [7, 11) is 3.59. The second-order valence-corrected chi connectivity index (χ2v) is 10.2. The van der Waals surface area contributed by atoms with E-state index in [1.165, 1.54) is 0 Å². The molecule has 0 N–H and O–H groups in total. The molecule has 1 aliphatic heterocycles. The van der Waals surface area contributed by atoms with E-state index < -0.39 is 5.60 Å². The summed E-state index contributed by atoms with van der Waals surface area (Å²) in [5.41, 5.74) is 6.84. The summed E-state index contributed by atoms with van der Waals surface area (Å²) >= 11 is 0. The number of nitrogens with zero attached hydrogens (tertiary/aromatic N) is 5. The molecule has 0 unspecified atom stereocenters. The summed E-state index contributed by atoms with van der Waals surface area (Å²) in [5, 5.41) is 5.61. The van der Waals surface area contributed by atoms with E-state index in [0.29, 0.717) is 13.1 Å². The maximum Gasteiger partial charge on any atom is 0.410 e. The van der Waals surface area contributed by atoms with Crippen molar-refractivity contribution in [2.75, 3.05) is 20.2 Å². The zero-order chi connectivity index (χ0) is 25.6. The number of methoxy groups -OCH3 is 1. The van der Waals surface area contributed by atoms with E-state index in [2.05, 4.69) is 17.2 Å². The normalized spacial score (nSPS) is 14.3. The van der Waals surface area contributed by atoms with Crippen LogP contribution < -0.4 is 4.74 Å². The number of benzene rings is 1. The molecule has 0 atom stereocenters. The number of amides is 1. The van der Waals surface area contributed by atoms with E-state index in [0.717, 1.165) is 62.2 Å². The van der Waals surface area contributed by atoms with Crippen LogP contribution in [0.5, 0.6) is 5.75 Å². The van der Waals surface area contributed by atoms with Crippen molar-refractivity contribution >= 4 is 33.6 Å². The number of fused-ring (bicyclic) bond motifs is 2. The van der Waals surface area contributed by atoms with Crippen LogP contribution in [0.25, 0.3) is 38.8 Å². The highest BCUT2D eigenvalue weighted by atomic mass is 16.6. The first-order valence-electron chi connectivity index (χ1n) is 12.1. The molecule has 0 aliphatic carbocycles. The molecule has 0 saturated heterocycles. The Morgan fingerprint density at radius 2 is 1.75 bits per heavy atom. The topological polar surface area (TPSA) is 82.4 Å². The predicted octanol–water partition coefficient (Wildman–Crippen LogP) is 5.52. The van der Waals surface area contributed by atoms with Gasteiger partial charge in [0.2, 0.25) is 0 Å². The molecule has 186 valence electrons. The summed E-state index contributed by atoms with van der Waals surface area (Å²) in [6.07, 6.45) is 4.50. The number of hydrogen-bond donors (Lipinski definition) is 0. The minimum Gasteiger partial charge on any atom is -0.496 e. The summed E-state index contributed by atoms with van der Waals surface area (Å²) in [6.45, 7) is 8.77. The molecule has 36 heavy (non-hydrogen) atoms. The van der Waals surface area contributed by atoms with E-state index in [9.17, 15) is 4.79 Å². The molecule has 3 aromatic heterocycles. The average Bonchev–Trinajstić information content (AvgIpc) is 3.23. The van der Waals surface area contributed by atoms with Crippen molar-refractivity contribution in [3.05, 3.63) is 53.9 Å². The fourth-order valence-electron chi connectivity index (χ4n) is 4.62. The number of aromatic nitrogens is 4. The highest BCUT2D eigenvalue weighted by molar-refractivity contribution is 5.92. The summed E-state index contributed by atoms with van der Waals surface area (Å²) in [4.78, 5) is 23.9. The van der Waals surface area contributed by atoms with E-state index >= 15 is 0 Å². The molecule has 0 spiro atoms. The first-order chi connectivity index (χ1) is 17.1. The third-order valence-electron chi connectivity index (χ3n) is 6.31. The van der Waals surface area contributed by atoms with Gasteiger partial charge in [0.15, 0.2) is 0 Å². The van der Waals surface area contributed by atoms with E-state index in [1.54, 1.807) is 12.0 Å². The van der Waals surface area contributed by atoms with Gasteiger partial charge in [-0.1, -0.05) is 6.08 Å². The van der Waals surface area contributed by atoms with Crippen LogP contribution in [0.4, 0.5) is 4.79 Å². The van der Waals surface area contributed by atoms with Gasteiger partial charge >= 0.3 is 6.09 Å². The lowest BCUT2D eigenvalue weighted by Crippen LogP contribution is -2.39. The highest BCUT2D eigenvalue weighted by Gasteiger charge is 2.24. The van der Waals surface area contributed by atoms with E-state index in [1.807, 2.05) is 69.9 Å². The lowest BCUT2D eigenvalue weighted by molar-refractivity contribution is 0.0270.